The first kappa shape index (κ1) is 20.8. The summed E-state index contributed by atoms with van der Waals surface area (Å²) in [7, 11) is 0. The van der Waals surface area contributed by atoms with E-state index in [1.54, 1.807) is 18.2 Å². The van der Waals surface area contributed by atoms with Crippen LogP contribution in [0, 0.1) is 10.1 Å². The van der Waals surface area contributed by atoms with Gasteiger partial charge in [0.15, 0.2) is 5.78 Å². The van der Waals surface area contributed by atoms with Crippen LogP contribution < -0.4 is 5.32 Å². The Labute approximate surface area is 187 Å². The van der Waals surface area contributed by atoms with Crippen molar-refractivity contribution >= 4 is 52.2 Å². The Bertz CT molecular complexity index is 1130. The molecule has 0 saturated carbocycles. The molecule has 2 aliphatic rings. The summed E-state index contributed by atoms with van der Waals surface area (Å²) in [6, 6.07) is 9.63. The van der Waals surface area contributed by atoms with Gasteiger partial charge in [0.1, 0.15) is 5.02 Å². The lowest BCUT2D eigenvalue weighted by molar-refractivity contribution is -0.384. The lowest BCUT2D eigenvalue weighted by atomic mass is 9.73. The number of carbonyl (C=O) groups is 2. The van der Waals surface area contributed by atoms with E-state index in [2.05, 4.69) is 5.32 Å². The van der Waals surface area contributed by atoms with Crippen molar-refractivity contribution in [1.82, 2.24) is 5.32 Å². The van der Waals surface area contributed by atoms with Gasteiger partial charge in [-0.2, -0.15) is 0 Å². The van der Waals surface area contributed by atoms with E-state index < -0.39 is 10.8 Å². The Kier molecular flexibility index (Phi) is 5.57. The molecule has 1 N–H and O–H groups in total. The highest BCUT2D eigenvalue weighted by molar-refractivity contribution is 6.42. The minimum atomic E-state index is -0.576. The Morgan fingerprint density at radius 1 is 0.900 bits per heavy atom. The normalized spacial score (nSPS) is 21.3. The van der Waals surface area contributed by atoms with Gasteiger partial charge in [-0.15, -0.1) is 0 Å². The minimum Gasteiger partial charge on any atom is -0.329 e. The Morgan fingerprint density at radius 3 is 2.30 bits per heavy atom. The minimum absolute atomic E-state index is 0.00728. The van der Waals surface area contributed by atoms with Crippen molar-refractivity contribution in [1.29, 1.82) is 0 Å². The zero-order valence-electron chi connectivity index (χ0n) is 15.5. The zero-order valence-corrected chi connectivity index (χ0v) is 17.7. The molecule has 1 aliphatic carbocycles. The molecule has 2 atom stereocenters. The lowest BCUT2D eigenvalue weighted by Gasteiger charge is -2.34. The van der Waals surface area contributed by atoms with E-state index in [0.717, 1.165) is 5.56 Å². The molecule has 154 valence electrons. The summed E-state index contributed by atoms with van der Waals surface area (Å²) in [6.45, 7) is 0. The lowest BCUT2D eigenvalue weighted by Crippen LogP contribution is -2.38. The summed E-state index contributed by atoms with van der Waals surface area (Å²) in [6.07, 6.45) is 0.747. The van der Waals surface area contributed by atoms with Crippen molar-refractivity contribution in [3.05, 3.63) is 84.0 Å². The number of allylic oxidation sites excluding steroid dienone is 2. The summed E-state index contributed by atoms with van der Waals surface area (Å²) in [4.78, 5) is 36.2. The van der Waals surface area contributed by atoms with Crippen molar-refractivity contribution in [2.75, 3.05) is 0 Å². The van der Waals surface area contributed by atoms with Gasteiger partial charge in [0.25, 0.3) is 5.69 Å². The molecule has 0 bridgehead atoms. The van der Waals surface area contributed by atoms with Gasteiger partial charge in [-0.25, -0.2) is 0 Å². The average Bonchev–Trinajstić information content (AvgIpc) is 2.69. The number of amides is 1. The Morgan fingerprint density at radius 2 is 1.60 bits per heavy atom. The van der Waals surface area contributed by atoms with E-state index in [0.29, 0.717) is 33.3 Å². The van der Waals surface area contributed by atoms with E-state index >= 15 is 0 Å². The van der Waals surface area contributed by atoms with Gasteiger partial charge in [0, 0.05) is 36.1 Å². The molecule has 1 amide bonds. The number of nitrogens with one attached hydrogen (secondary N) is 1. The largest absolute Gasteiger partial charge is 0.329 e. The Balaban J connectivity index is 1.73. The number of nitro benzene ring substituents is 1. The quantitative estimate of drug-likeness (QED) is 0.475. The van der Waals surface area contributed by atoms with Gasteiger partial charge in [0.05, 0.1) is 15.0 Å². The van der Waals surface area contributed by atoms with Gasteiger partial charge in [-0.3, -0.25) is 19.7 Å². The number of rotatable bonds is 3. The maximum absolute atomic E-state index is 13.1. The standard InChI is InChI=1S/C21H15Cl3N2O4/c22-14-3-1-10(5-16(14)24)12-6-17-21(19(27)8-12)13(9-20(28)25-17)11-2-4-15(23)18(7-11)26(29)30/h1-5,7,12-13H,6,8-9H2,(H,25,28). The fraction of sp³-hybridized carbons (Fsp3) is 0.238. The molecular formula is C21H15Cl3N2O4. The van der Waals surface area contributed by atoms with Crippen molar-refractivity contribution in [3.63, 3.8) is 0 Å². The van der Waals surface area contributed by atoms with Crippen molar-refractivity contribution in [2.45, 2.75) is 31.1 Å². The molecule has 2 unspecified atom stereocenters. The monoisotopic (exact) mass is 464 g/mol. The number of Topliss-reactive ketones (excluding diaryl/α,β-unsaturated/α-hetero) is 1. The van der Waals surface area contributed by atoms with Crippen LogP contribution in [0.1, 0.15) is 42.2 Å². The predicted octanol–water partition coefficient (Wildman–Crippen LogP) is 5.56. The van der Waals surface area contributed by atoms with Crippen LogP contribution in [0.3, 0.4) is 0 Å². The summed E-state index contributed by atoms with van der Waals surface area (Å²) in [5, 5.41) is 14.9. The second kappa shape index (κ2) is 8.02. The summed E-state index contributed by atoms with van der Waals surface area (Å²) in [5.74, 6) is -1.04. The van der Waals surface area contributed by atoms with Gasteiger partial charge in [0.2, 0.25) is 5.91 Å². The van der Waals surface area contributed by atoms with Crippen LogP contribution in [0.25, 0.3) is 0 Å². The third-order valence-corrected chi connectivity index (χ3v) is 6.58. The maximum Gasteiger partial charge on any atom is 0.288 e. The van der Waals surface area contributed by atoms with Crippen LogP contribution in [0.5, 0.6) is 0 Å². The first-order valence-electron chi connectivity index (χ1n) is 9.19. The second-order valence-electron chi connectivity index (χ2n) is 7.37. The van der Waals surface area contributed by atoms with Gasteiger partial charge in [-0.1, -0.05) is 46.9 Å². The molecule has 2 aromatic carbocycles. The highest BCUT2D eigenvalue weighted by Crippen LogP contribution is 2.44. The maximum atomic E-state index is 13.1. The molecule has 0 aromatic heterocycles. The molecule has 2 aromatic rings. The first-order valence-corrected chi connectivity index (χ1v) is 10.3. The number of halogens is 3. The molecule has 1 aliphatic heterocycles. The van der Waals surface area contributed by atoms with E-state index in [1.807, 2.05) is 6.07 Å². The topological polar surface area (TPSA) is 89.3 Å². The number of benzene rings is 2. The SMILES string of the molecule is O=C1CC(c2ccc(Cl)c([N+](=O)[O-])c2)C2=C(CC(c3ccc(Cl)c(Cl)c3)CC2=O)N1. The molecule has 1 heterocycles. The van der Waals surface area contributed by atoms with Gasteiger partial charge >= 0.3 is 0 Å². The van der Waals surface area contributed by atoms with Crippen LogP contribution in [0.4, 0.5) is 5.69 Å². The molecule has 0 spiro atoms. The van der Waals surface area contributed by atoms with Crippen molar-refractivity contribution < 1.29 is 14.5 Å². The third kappa shape index (κ3) is 3.83. The first-order chi connectivity index (χ1) is 14.2. The fourth-order valence-corrected chi connectivity index (χ4v) is 4.63. The van der Waals surface area contributed by atoms with Gasteiger partial charge in [-0.05, 0) is 41.7 Å². The predicted molar refractivity (Wildman–Crippen MR) is 114 cm³/mol. The summed E-state index contributed by atoms with van der Waals surface area (Å²) >= 11 is 18.0. The molecule has 30 heavy (non-hydrogen) atoms. The van der Waals surface area contributed by atoms with E-state index in [-0.39, 0.29) is 41.2 Å². The smallest absolute Gasteiger partial charge is 0.288 e. The number of hydrogen-bond donors (Lipinski definition) is 1. The van der Waals surface area contributed by atoms with Crippen LogP contribution >= 0.6 is 34.8 Å². The summed E-state index contributed by atoms with van der Waals surface area (Å²) < 4.78 is 0. The number of nitro groups is 1. The molecule has 0 fully saturated rings. The zero-order chi connectivity index (χ0) is 21.6. The molecule has 6 nitrogen and oxygen atoms in total. The molecule has 9 heteroatoms. The summed E-state index contributed by atoms with van der Waals surface area (Å²) in [5.41, 5.74) is 2.19. The number of carbonyl (C=O) groups excluding carboxylic acids is 2. The molecule has 0 radical (unpaired) electrons. The van der Waals surface area contributed by atoms with E-state index in [4.69, 9.17) is 34.8 Å². The van der Waals surface area contributed by atoms with Crippen LogP contribution in [0.15, 0.2) is 47.7 Å². The van der Waals surface area contributed by atoms with Crippen LogP contribution in [-0.4, -0.2) is 16.6 Å². The van der Waals surface area contributed by atoms with Crippen molar-refractivity contribution in [3.8, 4) is 0 Å². The van der Waals surface area contributed by atoms with Crippen LogP contribution in [-0.2, 0) is 9.59 Å². The van der Waals surface area contributed by atoms with E-state index in [1.165, 1.54) is 12.1 Å². The number of ketones is 1. The molecular weight excluding hydrogens is 451 g/mol. The average molecular weight is 466 g/mol. The third-order valence-electron chi connectivity index (χ3n) is 5.52. The highest BCUT2D eigenvalue weighted by Gasteiger charge is 2.38. The highest BCUT2D eigenvalue weighted by atomic mass is 35.5. The fourth-order valence-electron chi connectivity index (χ4n) is 4.13. The van der Waals surface area contributed by atoms with Crippen molar-refractivity contribution in [2.24, 2.45) is 0 Å². The number of hydrogen-bond acceptors (Lipinski definition) is 4. The Hall–Kier alpha value is -2.41. The second-order valence-corrected chi connectivity index (χ2v) is 8.59. The van der Waals surface area contributed by atoms with Gasteiger partial charge < -0.3 is 5.32 Å². The van der Waals surface area contributed by atoms with E-state index in [9.17, 15) is 19.7 Å². The van der Waals surface area contributed by atoms with Crippen LogP contribution in [0.2, 0.25) is 15.1 Å². The molecule has 4 rings (SSSR count). The number of nitrogens with zero attached hydrogens (tertiary/aromatic N) is 1. The molecule has 0 saturated heterocycles.